The summed E-state index contributed by atoms with van der Waals surface area (Å²) < 4.78 is 26.7. The van der Waals surface area contributed by atoms with E-state index < -0.39 is 23.2 Å². The van der Waals surface area contributed by atoms with Gasteiger partial charge in [-0.1, -0.05) is 18.2 Å². The molecule has 0 fully saturated rings. The van der Waals surface area contributed by atoms with E-state index >= 15 is 0 Å². The number of anilines is 1. The Bertz CT molecular complexity index is 579. The highest BCUT2D eigenvalue weighted by molar-refractivity contribution is 6.17. The smallest absolute Gasteiger partial charge is 0.255 e. The number of hydrogen-bond acceptors (Lipinski definition) is 1. The first kappa shape index (κ1) is 13.5. The van der Waals surface area contributed by atoms with E-state index in [9.17, 15) is 13.6 Å². The number of amides is 1. The first-order valence-corrected chi connectivity index (χ1v) is 6.05. The Balaban J connectivity index is 2.20. The quantitative estimate of drug-likeness (QED) is 0.848. The van der Waals surface area contributed by atoms with Crippen molar-refractivity contribution in [3.63, 3.8) is 0 Å². The number of nitrogens with one attached hydrogen (secondary N) is 1. The van der Waals surface area contributed by atoms with Crippen molar-refractivity contribution in [2.45, 2.75) is 5.88 Å². The summed E-state index contributed by atoms with van der Waals surface area (Å²) in [5.41, 5.74) is 0.709. The van der Waals surface area contributed by atoms with Gasteiger partial charge in [0.1, 0.15) is 17.3 Å². The zero-order chi connectivity index (χ0) is 13.8. The fourth-order valence-electron chi connectivity index (χ4n) is 1.55. The molecule has 0 spiro atoms. The molecule has 2 aromatic carbocycles. The van der Waals surface area contributed by atoms with Gasteiger partial charge in [0.05, 0.1) is 0 Å². The fraction of sp³-hybridized carbons (Fsp3) is 0.0714. The van der Waals surface area contributed by atoms with Crippen LogP contribution in [-0.2, 0) is 5.88 Å². The second-order valence-corrected chi connectivity index (χ2v) is 4.15. The average molecular weight is 282 g/mol. The van der Waals surface area contributed by atoms with Gasteiger partial charge < -0.3 is 5.32 Å². The van der Waals surface area contributed by atoms with Crippen LogP contribution < -0.4 is 5.32 Å². The predicted octanol–water partition coefficient (Wildman–Crippen LogP) is 3.96. The van der Waals surface area contributed by atoms with Gasteiger partial charge in [0.2, 0.25) is 0 Å². The molecule has 1 amide bonds. The molecule has 0 heterocycles. The summed E-state index contributed by atoms with van der Waals surface area (Å²) in [6.45, 7) is 0. The van der Waals surface area contributed by atoms with Crippen molar-refractivity contribution >= 4 is 23.2 Å². The summed E-state index contributed by atoms with van der Waals surface area (Å²) in [7, 11) is 0. The van der Waals surface area contributed by atoms with Gasteiger partial charge in [-0.05, 0) is 29.8 Å². The summed E-state index contributed by atoms with van der Waals surface area (Å²) in [4.78, 5) is 11.8. The summed E-state index contributed by atoms with van der Waals surface area (Å²) in [6, 6.07) is 9.84. The number of benzene rings is 2. The topological polar surface area (TPSA) is 29.1 Å². The molecule has 0 aliphatic carbocycles. The SMILES string of the molecule is O=C(Nc1c(F)cccc1F)c1ccc(CCl)cc1. The molecule has 0 atom stereocenters. The van der Waals surface area contributed by atoms with Gasteiger partial charge in [-0.2, -0.15) is 0 Å². The van der Waals surface area contributed by atoms with Gasteiger partial charge in [0, 0.05) is 11.4 Å². The highest BCUT2D eigenvalue weighted by atomic mass is 35.5. The van der Waals surface area contributed by atoms with E-state index in [4.69, 9.17) is 11.6 Å². The van der Waals surface area contributed by atoms with Crippen LogP contribution in [0.2, 0.25) is 0 Å². The van der Waals surface area contributed by atoms with E-state index in [-0.39, 0.29) is 0 Å². The van der Waals surface area contributed by atoms with E-state index in [1.54, 1.807) is 24.3 Å². The summed E-state index contributed by atoms with van der Waals surface area (Å²) in [5, 5.41) is 2.21. The molecule has 0 unspecified atom stereocenters. The molecule has 2 rings (SSSR count). The monoisotopic (exact) mass is 281 g/mol. The fourth-order valence-corrected chi connectivity index (χ4v) is 1.73. The molecule has 19 heavy (non-hydrogen) atoms. The van der Waals surface area contributed by atoms with E-state index in [0.29, 0.717) is 11.4 Å². The Morgan fingerprint density at radius 2 is 1.63 bits per heavy atom. The molecular formula is C14H10ClF2NO. The van der Waals surface area contributed by atoms with Crippen LogP contribution in [0.5, 0.6) is 0 Å². The maximum Gasteiger partial charge on any atom is 0.255 e. The molecule has 0 aliphatic rings. The van der Waals surface area contributed by atoms with Gasteiger partial charge in [0.25, 0.3) is 5.91 Å². The van der Waals surface area contributed by atoms with Crippen LogP contribution in [-0.4, -0.2) is 5.91 Å². The minimum absolute atomic E-state index is 0.302. The van der Waals surface area contributed by atoms with Crippen LogP contribution in [0.3, 0.4) is 0 Å². The van der Waals surface area contributed by atoms with E-state index in [1.165, 1.54) is 6.07 Å². The minimum Gasteiger partial charge on any atom is -0.317 e. The highest BCUT2D eigenvalue weighted by Gasteiger charge is 2.13. The van der Waals surface area contributed by atoms with Gasteiger partial charge in [0.15, 0.2) is 0 Å². The molecule has 2 aromatic rings. The molecule has 1 N–H and O–H groups in total. The van der Waals surface area contributed by atoms with Crippen molar-refractivity contribution in [1.29, 1.82) is 0 Å². The number of carbonyl (C=O) groups excluding carboxylic acids is 1. The van der Waals surface area contributed by atoms with Crippen LogP contribution >= 0.6 is 11.6 Å². The van der Waals surface area contributed by atoms with Crippen LogP contribution in [0, 0.1) is 11.6 Å². The lowest BCUT2D eigenvalue weighted by Crippen LogP contribution is -2.14. The first-order chi connectivity index (χ1) is 9.11. The predicted molar refractivity (Wildman–Crippen MR) is 70.3 cm³/mol. The van der Waals surface area contributed by atoms with Crippen molar-refractivity contribution in [3.05, 3.63) is 65.2 Å². The molecule has 98 valence electrons. The van der Waals surface area contributed by atoms with Crippen LogP contribution in [0.25, 0.3) is 0 Å². The Kier molecular flexibility index (Phi) is 4.12. The number of hydrogen-bond donors (Lipinski definition) is 1. The zero-order valence-electron chi connectivity index (χ0n) is 9.79. The van der Waals surface area contributed by atoms with Crippen molar-refractivity contribution in [1.82, 2.24) is 0 Å². The number of para-hydroxylation sites is 1. The summed E-state index contributed by atoms with van der Waals surface area (Å²) in [6.07, 6.45) is 0. The lowest BCUT2D eigenvalue weighted by atomic mass is 10.1. The summed E-state index contributed by atoms with van der Waals surface area (Å²) in [5.74, 6) is -1.87. The second-order valence-electron chi connectivity index (χ2n) is 3.88. The molecule has 0 radical (unpaired) electrons. The number of halogens is 3. The Hall–Kier alpha value is -1.94. The average Bonchev–Trinajstić information content (AvgIpc) is 2.43. The Morgan fingerprint density at radius 3 is 2.16 bits per heavy atom. The van der Waals surface area contributed by atoms with Gasteiger partial charge in [-0.25, -0.2) is 8.78 Å². The minimum atomic E-state index is -0.814. The van der Waals surface area contributed by atoms with E-state index in [0.717, 1.165) is 17.7 Å². The van der Waals surface area contributed by atoms with Crippen molar-refractivity contribution < 1.29 is 13.6 Å². The van der Waals surface area contributed by atoms with E-state index in [1.807, 2.05) is 0 Å². The van der Waals surface area contributed by atoms with Crippen molar-refractivity contribution in [3.8, 4) is 0 Å². The van der Waals surface area contributed by atoms with Crippen molar-refractivity contribution in [2.24, 2.45) is 0 Å². The number of alkyl halides is 1. The van der Waals surface area contributed by atoms with Crippen LogP contribution in [0.4, 0.5) is 14.5 Å². The maximum absolute atomic E-state index is 13.4. The standard InChI is InChI=1S/C14H10ClF2NO/c15-8-9-4-6-10(7-5-9)14(19)18-13-11(16)2-1-3-12(13)17/h1-7H,8H2,(H,18,19). The molecule has 2 nitrogen and oxygen atoms in total. The molecule has 0 aromatic heterocycles. The Labute approximate surface area is 114 Å². The molecule has 0 saturated carbocycles. The van der Waals surface area contributed by atoms with Crippen molar-refractivity contribution in [2.75, 3.05) is 5.32 Å². The van der Waals surface area contributed by atoms with Gasteiger partial charge in [-0.15, -0.1) is 11.6 Å². The molecule has 5 heteroatoms. The molecular weight excluding hydrogens is 272 g/mol. The maximum atomic E-state index is 13.4. The second kappa shape index (κ2) is 5.80. The van der Waals surface area contributed by atoms with Crippen LogP contribution in [0.15, 0.2) is 42.5 Å². The largest absolute Gasteiger partial charge is 0.317 e. The van der Waals surface area contributed by atoms with E-state index in [2.05, 4.69) is 5.32 Å². The molecule has 0 bridgehead atoms. The highest BCUT2D eigenvalue weighted by Crippen LogP contribution is 2.19. The molecule has 0 aliphatic heterocycles. The zero-order valence-corrected chi connectivity index (χ0v) is 10.5. The third-order valence-electron chi connectivity index (χ3n) is 2.57. The lowest BCUT2D eigenvalue weighted by molar-refractivity contribution is 0.102. The third kappa shape index (κ3) is 3.09. The third-order valence-corrected chi connectivity index (χ3v) is 2.88. The number of rotatable bonds is 3. The lowest BCUT2D eigenvalue weighted by Gasteiger charge is -2.07. The Morgan fingerprint density at radius 1 is 1.05 bits per heavy atom. The number of carbonyl (C=O) groups is 1. The normalized spacial score (nSPS) is 10.3. The van der Waals surface area contributed by atoms with Crippen LogP contribution in [0.1, 0.15) is 15.9 Å². The molecule has 0 saturated heterocycles. The first-order valence-electron chi connectivity index (χ1n) is 5.52. The van der Waals surface area contributed by atoms with Gasteiger partial charge >= 0.3 is 0 Å². The summed E-state index contributed by atoms with van der Waals surface area (Å²) >= 11 is 5.63. The van der Waals surface area contributed by atoms with Gasteiger partial charge in [-0.3, -0.25) is 4.79 Å².